The lowest BCUT2D eigenvalue weighted by molar-refractivity contribution is 0.0695. The maximum Gasteiger partial charge on any atom is 0.339 e. The fourth-order valence-electron chi connectivity index (χ4n) is 1.64. The Labute approximate surface area is 97.2 Å². The summed E-state index contributed by atoms with van der Waals surface area (Å²) in [6, 6.07) is 2.06. The minimum atomic E-state index is -0.909. The number of thiophene rings is 1. The van der Waals surface area contributed by atoms with Crippen LogP contribution < -0.4 is 0 Å². The quantitative estimate of drug-likeness (QED) is 0.883. The van der Waals surface area contributed by atoms with Crippen molar-refractivity contribution in [2.75, 3.05) is 0 Å². The van der Waals surface area contributed by atoms with Crippen molar-refractivity contribution >= 4 is 17.3 Å². The molecule has 0 aliphatic rings. The zero-order valence-corrected chi connectivity index (χ0v) is 9.70. The van der Waals surface area contributed by atoms with Crippen molar-refractivity contribution in [1.29, 1.82) is 0 Å². The minimum Gasteiger partial charge on any atom is -0.478 e. The van der Waals surface area contributed by atoms with Gasteiger partial charge in [0.15, 0.2) is 0 Å². The normalized spacial score (nSPS) is 10.6. The molecule has 16 heavy (non-hydrogen) atoms. The lowest BCUT2D eigenvalue weighted by Gasteiger charge is -2.02. The van der Waals surface area contributed by atoms with Crippen LogP contribution in [0.3, 0.4) is 0 Å². The SMILES string of the molecule is Cn1ncc(C(=O)O)c1CCc1ccsc1. The molecule has 1 N–H and O–H groups in total. The fraction of sp³-hybridized carbons (Fsp3) is 0.273. The Morgan fingerprint density at radius 3 is 3.00 bits per heavy atom. The number of rotatable bonds is 4. The van der Waals surface area contributed by atoms with Gasteiger partial charge in [0, 0.05) is 7.05 Å². The Balaban J connectivity index is 2.14. The third kappa shape index (κ3) is 2.14. The average molecular weight is 236 g/mol. The largest absolute Gasteiger partial charge is 0.478 e. The number of carbonyl (C=O) groups is 1. The molecule has 2 aromatic rings. The maximum atomic E-state index is 10.9. The lowest BCUT2D eigenvalue weighted by atomic mass is 10.1. The highest BCUT2D eigenvalue weighted by atomic mass is 32.1. The summed E-state index contributed by atoms with van der Waals surface area (Å²) in [6.45, 7) is 0. The van der Waals surface area contributed by atoms with E-state index in [1.807, 2.05) is 5.38 Å². The molecule has 0 amide bonds. The molecular weight excluding hydrogens is 224 g/mol. The van der Waals surface area contributed by atoms with Crippen LogP contribution in [0.1, 0.15) is 21.6 Å². The van der Waals surface area contributed by atoms with Crippen LogP contribution in [-0.2, 0) is 19.9 Å². The van der Waals surface area contributed by atoms with Gasteiger partial charge < -0.3 is 5.11 Å². The van der Waals surface area contributed by atoms with Gasteiger partial charge in [0.2, 0.25) is 0 Å². The number of hydrogen-bond donors (Lipinski definition) is 1. The van der Waals surface area contributed by atoms with E-state index in [0.717, 1.165) is 12.1 Å². The van der Waals surface area contributed by atoms with E-state index in [9.17, 15) is 4.79 Å². The molecule has 0 radical (unpaired) electrons. The van der Waals surface area contributed by atoms with Gasteiger partial charge in [-0.05, 0) is 35.2 Å². The number of aromatic carboxylic acids is 1. The predicted octanol–water partition coefficient (Wildman–Crippen LogP) is 1.97. The van der Waals surface area contributed by atoms with E-state index in [1.54, 1.807) is 23.1 Å². The summed E-state index contributed by atoms with van der Waals surface area (Å²) in [6.07, 6.45) is 2.96. The number of nitrogens with zero attached hydrogens (tertiary/aromatic N) is 2. The van der Waals surface area contributed by atoms with E-state index >= 15 is 0 Å². The molecule has 2 heterocycles. The van der Waals surface area contributed by atoms with E-state index < -0.39 is 5.97 Å². The Morgan fingerprint density at radius 1 is 1.56 bits per heavy atom. The molecule has 0 aliphatic carbocycles. The van der Waals surface area contributed by atoms with Crippen molar-refractivity contribution < 1.29 is 9.90 Å². The number of aryl methyl sites for hydroxylation is 2. The van der Waals surface area contributed by atoms with Crippen LogP contribution in [0.5, 0.6) is 0 Å². The van der Waals surface area contributed by atoms with Crippen LogP contribution in [0.4, 0.5) is 0 Å². The topological polar surface area (TPSA) is 55.1 Å². The van der Waals surface area contributed by atoms with Crippen molar-refractivity contribution in [3.8, 4) is 0 Å². The van der Waals surface area contributed by atoms with Gasteiger partial charge in [0.05, 0.1) is 11.9 Å². The van der Waals surface area contributed by atoms with Gasteiger partial charge in [-0.1, -0.05) is 0 Å². The minimum absolute atomic E-state index is 0.303. The van der Waals surface area contributed by atoms with Gasteiger partial charge in [-0.2, -0.15) is 16.4 Å². The molecular formula is C11H12N2O2S. The van der Waals surface area contributed by atoms with Crippen molar-refractivity contribution in [3.05, 3.63) is 39.8 Å². The van der Waals surface area contributed by atoms with E-state index in [1.165, 1.54) is 11.8 Å². The first-order valence-corrected chi connectivity index (χ1v) is 5.88. The van der Waals surface area contributed by atoms with E-state index in [2.05, 4.69) is 16.5 Å². The van der Waals surface area contributed by atoms with E-state index in [-0.39, 0.29) is 0 Å². The fourth-order valence-corrected chi connectivity index (χ4v) is 2.34. The molecule has 0 bridgehead atoms. The average Bonchev–Trinajstić information content (AvgIpc) is 2.84. The highest BCUT2D eigenvalue weighted by Crippen LogP contribution is 2.13. The lowest BCUT2D eigenvalue weighted by Crippen LogP contribution is -2.06. The Bertz CT molecular complexity index is 488. The molecule has 2 aromatic heterocycles. The second kappa shape index (κ2) is 4.49. The summed E-state index contributed by atoms with van der Waals surface area (Å²) >= 11 is 1.65. The van der Waals surface area contributed by atoms with Crippen LogP contribution >= 0.6 is 11.3 Å². The van der Waals surface area contributed by atoms with Crippen LogP contribution in [0.15, 0.2) is 23.0 Å². The first kappa shape index (κ1) is 10.9. The molecule has 0 unspecified atom stereocenters. The van der Waals surface area contributed by atoms with Gasteiger partial charge in [0.1, 0.15) is 5.56 Å². The summed E-state index contributed by atoms with van der Waals surface area (Å²) in [7, 11) is 1.77. The highest BCUT2D eigenvalue weighted by Gasteiger charge is 2.14. The van der Waals surface area contributed by atoms with Crippen molar-refractivity contribution in [1.82, 2.24) is 9.78 Å². The number of carboxylic acids is 1. The molecule has 84 valence electrons. The predicted molar refractivity (Wildman–Crippen MR) is 61.9 cm³/mol. The van der Waals surface area contributed by atoms with Gasteiger partial charge in [-0.25, -0.2) is 4.79 Å². The molecule has 0 atom stereocenters. The van der Waals surface area contributed by atoms with Crippen LogP contribution in [-0.4, -0.2) is 20.9 Å². The molecule has 5 heteroatoms. The second-order valence-electron chi connectivity index (χ2n) is 3.57. The molecule has 0 fully saturated rings. The second-order valence-corrected chi connectivity index (χ2v) is 4.35. The summed E-state index contributed by atoms with van der Waals surface area (Å²) in [5.74, 6) is -0.909. The van der Waals surface area contributed by atoms with Gasteiger partial charge >= 0.3 is 5.97 Å². The molecule has 0 aliphatic heterocycles. The van der Waals surface area contributed by atoms with Gasteiger partial charge in [-0.3, -0.25) is 4.68 Å². The zero-order valence-electron chi connectivity index (χ0n) is 8.88. The van der Waals surface area contributed by atoms with Crippen LogP contribution in [0.25, 0.3) is 0 Å². The molecule has 4 nitrogen and oxygen atoms in total. The monoisotopic (exact) mass is 236 g/mol. The first-order chi connectivity index (χ1) is 7.68. The molecule has 0 saturated heterocycles. The highest BCUT2D eigenvalue weighted by molar-refractivity contribution is 7.07. The summed E-state index contributed by atoms with van der Waals surface area (Å²) in [4.78, 5) is 10.9. The van der Waals surface area contributed by atoms with Gasteiger partial charge in [-0.15, -0.1) is 0 Å². The smallest absolute Gasteiger partial charge is 0.339 e. The molecule has 0 saturated carbocycles. The molecule has 0 spiro atoms. The number of hydrogen-bond acceptors (Lipinski definition) is 3. The van der Waals surface area contributed by atoms with Gasteiger partial charge in [0.25, 0.3) is 0 Å². The Morgan fingerprint density at radius 2 is 2.38 bits per heavy atom. The standard InChI is InChI=1S/C11H12N2O2S/c1-13-10(9(6-12-13)11(14)15)3-2-8-4-5-16-7-8/h4-7H,2-3H2,1H3,(H,14,15). The zero-order chi connectivity index (χ0) is 11.5. The Kier molecular flexibility index (Phi) is 3.05. The summed E-state index contributed by atoms with van der Waals surface area (Å²) in [5.41, 5.74) is 2.32. The molecule has 0 aromatic carbocycles. The Hall–Kier alpha value is -1.62. The first-order valence-electron chi connectivity index (χ1n) is 4.93. The van der Waals surface area contributed by atoms with E-state index in [0.29, 0.717) is 12.0 Å². The van der Waals surface area contributed by atoms with Crippen molar-refractivity contribution in [3.63, 3.8) is 0 Å². The maximum absolute atomic E-state index is 10.9. The summed E-state index contributed by atoms with van der Waals surface area (Å²) in [5, 5.41) is 17.1. The van der Waals surface area contributed by atoms with Crippen molar-refractivity contribution in [2.24, 2.45) is 7.05 Å². The van der Waals surface area contributed by atoms with Crippen molar-refractivity contribution in [2.45, 2.75) is 12.8 Å². The summed E-state index contributed by atoms with van der Waals surface area (Å²) < 4.78 is 1.63. The molecule has 2 rings (SSSR count). The van der Waals surface area contributed by atoms with Crippen LogP contribution in [0, 0.1) is 0 Å². The number of aromatic nitrogens is 2. The third-order valence-electron chi connectivity index (χ3n) is 2.52. The number of carboxylic acid groups (broad SMARTS) is 1. The van der Waals surface area contributed by atoms with Crippen LogP contribution in [0.2, 0.25) is 0 Å². The third-order valence-corrected chi connectivity index (χ3v) is 3.25. The van der Waals surface area contributed by atoms with E-state index in [4.69, 9.17) is 5.11 Å².